The van der Waals surface area contributed by atoms with Gasteiger partial charge < -0.3 is 11.1 Å². The molecule has 6 heteroatoms. The van der Waals surface area contributed by atoms with Crippen molar-refractivity contribution in [3.63, 3.8) is 0 Å². The van der Waals surface area contributed by atoms with Gasteiger partial charge in [-0.1, -0.05) is 18.0 Å². The molecule has 2 unspecified atom stereocenters. The number of amides is 1. The van der Waals surface area contributed by atoms with Crippen molar-refractivity contribution in [3.8, 4) is 0 Å². The number of hydrogen-bond donors (Lipinski definition) is 2. The maximum Gasteiger partial charge on any atom is 0.223 e. The van der Waals surface area contributed by atoms with Gasteiger partial charge >= 0.3 is 0 Å². The number of nitrogens with two attached hydrogens (primary N) is 1. The highest BCUT2D eigenvalue weighted by Crippen LogP contribution is 2.25. The minimum atomic E-state index is 0.0814. The minimum absolute atomic E-state index is 0.0814. The average Bonchev–Trinajstić information content (AvgIpc) is 2.89. The smallest absolute Gasteiger partial charge is 0.223 e. The summed E-state index contributed by atoms with van der Waals surface area (Å²) >= 11 is 7.62. The Morgan fingerprint density at radius 3 is 3.14 bits per heavy atom. The van der Waals surface area contributed by atoms with Gasteiger partial charge in [-0.15, -0.1) is 11.3 Å². The minimum Gasteiger partial charge on any atom is -0.355 e. The van der Waals surface area contributed by atoms with Crippen LogP contribution >= 0.6 is 22.9 Å². The van der Waals surface area contributed by atoms with Gasteiger partial charge in [0.15, 0.2) is 0 Å². The molecule has 1 aromatic carbocycles. The summed E-state index contributed by atoms with van der Waals surface area (Å²) in [7, 11) is 0. The first-order valence-electron chi connectivity index (χ1n) is 7.70. The van der Waals surface area contributed by atoms with Gasteiger partial charge in [0.2, 0.25) is 5.91 Å². The molecule has 0 bridgehead atoms. The summed E-state index contributed by atoms with van der Waals surface area (Å²) in [4.78, 5) is 16.7. The van der Waals surface area contributed by atoms with Crippen molar-refractivity contribution in [2.24, 2.45) is 11.7 Å². The molecule has 1 fully saturated rings. The predicted molar refractivity (Wildman–Crippen MR) is 91.3 cm³/mol. The van der Waals surface area contributed by atoms with Gasteiger partial charge in [0.1, 0.15) is 0 Å². The third-order valence-electron chi connectivity index (χ3n) is 4.12. The molecule has 3 N–H and O–H groups in total. The number of aromatic nitrogens is 1. The zero-order chi connectivity index (χ0) is 15.5. The van der Waals surface area contributed by atoms with Crippen LogP contribution in [0, 0.1) is 5.92 Å². The molecule has 2 aromatic rings. The first kappa shape index (κ1) is 15.7. The molecule has 1 aliphatic rings. The molecule has 2 atom stereocenters. The van der Waals surface area contributed by atoms with Crippen molar-refractivity contribution in [2.45, 2.75) is 38.1 Å². The van der Waals surface area contributed by atoms with Gasteiger partial charge in [0, 0.05) is 29.9 Å². The molecule has 118 valence electrons. The van der Waals surface area contributed by atoms with Gasteiger partial charge in [0.05, 0.1) is 15.2 Å². The maximum absolute atomic E-state index is 12.1. The lowest BCUT2D eigenvalue weighted by molar-refractivity contribution is -0.126. The van der Waals surface area contributed by atoms with E-state index in [1.807, 2.05) is 18.2 Å². The van der Waals surface area contributed by atoms with Crippen molar-refractivity contribution >= 4 is 39.1 Å². The molecule has 0 spiro atoms. The molecule has 22 heavy (non-hydrogen) atoms. The highest BCUT2D eigenvalue weighted by atomic mass is 35.5. The van der Waals surface area contributed by atoms with Crippen molar-refractivity contribution in [1.29, 1.82) is 0 Å². The number of carbonyl (C=O) groups excluding carboxylic acids is 1. The SMILES string of the molecule is NC1CCCC(C(=O)NCCc2nc3cc(Cl)ccc3s2)C1. The molecule has 1 saturated carbocycles. The van der Waals surface area contributed by atoms with Gasteiger partial charge in [-0.05, 0) is 37.5 Å². The van der Waals surface area contributed by atoms with E-state index in [1.165, 1.54) is 0 Å². The van der Waals surface area contributed by atoms with Crippen molar-refractivity contribution < 1.29 is 4.79 Å². The van der Waals surface area contributed by atoms with E-state index in [4.69, 9.17) is 17.3 Å². The standard InChI is InChI=1S/C16H20ClN3OS/c17-11-4-5-14-13(9-11)20-15(22-14)6-7-19-16(21)10-2-1-3-12(18)8-10/h4-5,9-10,12H,1-3,6-8,18H2,(H,19,21). The number of rotatable bonds is 4. The topological polar surface area (TPSA) is 68.0 Å². The molecule has 0 saturated heterocycles. The number of nitrogens with zero attached hydrogens (tertiary/aromatic N) is 1. The van der Waals surface area contributed by atoms with Crippen LogP contribution in [0.25, 0.3) is 10.2 Å². The van der Waals surface area contributed by atoms with E-state index in [-0.39, 0.29) is 17.9 Å². The van der Waals surface area contributed by atoms with Crippen LogP contribution in [0.3, 0.4) is 0 Å². The summed E-state index contributed by atoms with van der Waals surface area (Å²) in [6, 6.07) is 5.91. The molecule has 1 aliphatic carbocycles. The molecule has 0 radical (unpaired) electrons. The van der Waals surface area contributed by atoms with E-state index in [9.17, 15) is 4.79 Å². The highest BCUT2D eigenvalue weighted by molar-refractivity contribution is 7.18. The fourth-order valence-electron chi connectivity index (χ4n) is 2.96. The fourth-order valence-corrected chi connectivity index (χ4v) is 4.07. The van der Waals surface area contributed by atoms with Crippen LogP contribution in [0.1, 0.15) is 30.7 Å². The summed E-state index contributed by atoms with van der Waals surface area (Å²) < 4.78 is 1.13. The number of fused-ring (bicyclic) bond motifs is 1. The molecule has 1 amide bonds. The number of thiazole rings is 1. The number of benzene rings is 1. The van der Waals surface area contributed by atoms with Gasteiger partial charge in [-0.3, -0.25) is 4.79 Å². The Morgan fingerprint density at radius 1 is 1.45 bits per heavy atom. The monoisotopic (exact) mass is 337 g/mol. The molecule has 1 aromatic heterocycles. The summed E-state index contributed by atoms with van der Waals surface area (Å²) in [6.45, 7) is 0.623. The lowest BCUT2D eigenvalue weighted by Gasteiger charge is -2.25. The molecule has 0 aliphatic heterocycles. The van der Waals surface area contributed by atoms with Crippen LogP contribution in [0.2, 0.25) is 5.02 Å². The Hall–Kier alpha value is -1.17. The molecule has 1 heterocycles. The van der Waals surface area contributed by atoms with E-state index in [1.54, 1.807) is 11.3 Å². The maximum atomic E-state index is 12.1. The predicted octanol–water partition coefficient (Wildman–Crippen LogP) is 3.13. The van der Waals surface area contributed by atoms with Gasteiger partial charge in [-0.25, -0.2) is 4.98 Å². The summed E-state index contributed by atoms with van der Waals surface area (Å²) in [5.74, 6) is 0.220. The van der Waals surface area contributed by atoms with Crippen LogP contribution < -0.4 is 11.1 Å². The number of hydrogen-bond acceptors (Lipinski definition) is 4. The molecular formula is C16H20ClN3OS. The third kappa shape index (κ3) is 3.77. The Bertz CT molecular complexity index is 672. The number of halogens is 1. The van der Waals surface area contributed by atoms with Crippen LogP contribution in [-0.2, 0) is 11.2 Å². The number of carbonyl (C=O) groups is 1. The largest absolute Gasteiger partial charge is 0.355 e. The molecule has 4 nitrogen and oxygen atoms in total. The second kappa shape index (κ2) is 6.94. The first-order valence-corrected chi connectivity index (χ1v) is 8.89. The van der Waals surface area contributed by atoms with Crippen molar-refractivity contribution in [2.75, 3.05) is 6.54 Å². The Kier molecular flexibility index (Phi) is 4.96. The zero-order valence-corrected chi connectivity index (χ0v) is 13.9. The summed E-state index contributed by atoms with van der Waals surface area (Å²) in [5, 5.41) is 4.75. The molecular weight excluding hydrogens is 318 g/mol. The van der Waals surface area contributed by atoms with E-state index < -0.39 is 0 Å². The Balaban J connectivity index is 1.52. The van der Waals surface area contributed by atoms with Crippen LogP contribution in [-0.4, -0.2) is 23.5 Å². The Morgan fingerprint density at radius 2 is 2.32 bits per heavy atom. The van der Waals surface area contributed by atoms with E-state index in [0.29, 0.717) is 11.6 Å². The third-order valence-corrected chi connectivity index (χ3v) is 5.45. The lowest BCUT2D eigenvalue weighted by Crippen LogP contribution is -2.38. The average molecular weight is 338 g/mol. The normalized spacial score (nSPS) is 21.9. The van der Waals surface area contributed by atoms with Gasteiger partial charge in [0.25, 0.3) is 0 Å². The van der Waals surface area contributed by atoms with Crippen molar-refractivity contribution in [1.82, 2.24) is 10.3 Å². The molecule has 3 rings (SSSR count). The second-order valence-corrected chi connectivity index (χ2v) is 7.44. The Labute approximate surface area is 139 Å². The summed E-state index contributed by atoms with van der Waals surface area (Å²) in [6.07, 6.45) is 4.61. The fraction of sp³-hybridized carbons (Fsp3) is 0.500. The summed E-state index contributed by atoms with van der Waals surface area (Å²) in [5.41, 5.74) is 6.87. The lowest BCUT2D eigenvalue weighted by atomic mass is 9.85. The quantitative estimate of drug-likeness (QED) is 0.900. The zero-order valence-electron chi connectivity index (χ0n) is 12.3. The number of nitrogens with one attached hydrogen (secondary N) is 1. The van der Waals surface area contributed by atoms with Crippen molar-refractivity contribution in [3.05, 3.63) is 28.2 Å². The van der Waals surface area contributed by atoms with Crippen LogP contribution in [0.15, 0.2) is 18.2 Å². The van der Waals surface area contributed by atoms with Crippen LogP contribution in [0.5, 0.6) is 0 Å². The van der Waals surface area contributed by atoms with E-state index >= 15 is 0 Å². The van der Waals surface area contributed by atoms with E-state index in [0.717, 1.165) is 47.3 Å². The van der Waals surface area contributed by atoms with E-state index in [2.05, 4.69) is 10.3 Å². The first-order chi connectivity index (χ1) is 10.6. The van der Waals surface area contributed by atoms with Crippen LogP contribution in [0.4, 0.5) is 0 Å². The second-order valence-electron chi connectivity index (χ2n) is 5.88. The highest BCUT2D eigenvalue weighted by Gasteiger charge is 2.24. The van der Waals surface area contributed by atoms with Gasteiger partial charge in [-0.2, -0.15) is 0 Å².